The Morgan fingerprint density at radius 3 is 3.00 bits per heavy atom. The number of halogens is 1. The van der Waals surface area contributed by atoms with Gasteiger partial charge in [-0.05, 0) is 17.7 Å². The molecule has 2 aromatic rings. The van der Waals surface area contributed by atoms with Crippen molar-refractivity contribution in [1.29, 1.82) is 0 Å². The summed E-state index contributed by atoms with van der Waals surface area (Å²) in [7, 11) is 1.46. The molecular weight excluding hydrogens is 233 g/mol. The molecule has 18 heavy (non-hydrogen) atoms. The van der Waals surface area contributed by atoms with Gasteiger partial charge in [0.25, 0.3) is 0 Å². The summed E-state index contributed by atoms with van der Waals surface area (Å²) in [5.74, 6) is -0.0522. The van der Waals surface area contributed by atoms with Crippen molar-refractivity contribution < 1.29 is 9.13 Å². The highest BCUT2D eigenvalue weighted by Gasteiger charge is 2.02. The molecule has 1 N–H and O–H groups in total. The predicted molar refractivity (Wildman–Crippen MR) is 66.9 cm³/mol. The second kappa shape index (κ2) is 6.16. The van der Waals surface area contributed by atoms with E-state index in [0.717, 1.165) is 18.7 Å². The van der Waals surface area contributed by atoms with Crippen molar-refractivity contribution in [2.45, 2.75) is 13.1 Å². The number of hydrogen-bond acceptors (Lipinski definition) is 3. The molecule has 1 heterocycles. The van der Waals surface area contributed by atoms with E-state index in [-0.39, 0.29) is 11.6 Å². The first-order valence-electron chi connectivity index (χ1n) is 5.78. The van der Waals surface area contributed by atoms with E-state index in [4.69, 9.17) is 4.74 Å². The zero-order valence-corrected chi connectivity index (χ0v) is 10.3. The fraction of sp³-hybridized carbons (Fsp3) is 0.308. The lowest BCUT2D eigenvalue weighted by Gasteiger charge is -2.07. The summed E-state index contributed by atoms with van der Waals surface area (Å²) < 4.78 is 20.3. The molecule has 0 bridgehead atoms. The van der Waals surface area contributed by atoms with E-state index >= 15 is 0 Å². The fourth-order valence-corrected chi connectivity index (χ4v) is 1.68. The van der Waals surface area contributed by atoms with Gasteiger partial charge in [-0.25, -0.2) is 9.37 Å². The number of nitrogens with one attached hydrogen (secondary N) is 1. The van der Waals surface area contributed by atoms with Crippen LogP contribution in [0.2, 0.25) is 0 Å². The first kappa shape index (κ1) is 12.6. The number of benzene rings is 1. The molecule has 0 fully saturated rings. The molecule has 0 aliphatic heterocycles. The van der Waals surface area contributed by atoms with Crippen molar-refractivity contribution in [3.05, 3.63) is 48.3 Å². The Kier molecular flexibility index (Phi) is 4.30. The molecule has 0 saturated heterocycles. The summed E-state index contributed by atoms with van der Waals surface area (Å²) in [6, 6.07) is 4.98. The van der Waals surface area contributed by atoms with Crippen LogP contribution in [0.3, 0.4) is 0 Å². The van der Waals surface area contributed by atoms with Gasteiger partial charge in [-0.2, -0.15) is 0 Å². The van der Waals surface area contributed by atoms with Crippen LogP contribution in [-0.2, 0) is 13.1 Å². The molecule has 0 atom stereocenters. The third kappa shape index (κ3) is 3.30. The van der Waals surface area contributed by atoms with Crippen molar-refractivity contribution in [1.82, 2.24) is 14.9 Å². The molecule has 2 rings (SSSR count). The number of ether oxygens (including phenoxy) is 1. The van der Waals surface area contributed by atoms with Crippen LogP contribution in [0.1, 0.15) is 5.56 Å². The maximum atomic E-state index is 13.4. The van der Waals surface area contributed by atoms with Crippen LogP contribution in [0.4, 0.5) is 4.39 Å². The van der Waals surface area contributed by atoms with Gasteiger partial charge >= 0.3 is 0 Å². The largest absolute Gasteiger partial charge is 0.494 e. The second-order valence-electron chi connectivity index (χ2n) is 3.95. The molecule has 1 aromatic carbocycles. The molecule has 5 heteroatoms. The summed E-state index contributed by atoms with van der Waals surface area (Å²) in [5, 5.41) is 3.25. The van der Waals surface area contributed by atoms with Gasteiger partial charge in [0.05, 0.1) is 13.4 Å². The molecular formula is C13H16FN3O. The van der Waals surface area contributed by atoms with Gasteiger partial charge in [0.15, 0.2) is 11.6 Å². The lowest BCUT2D eigenvalue weighted by Crippen LogP contribution is -2.19. The van der Waals surface area contributed by atoms with E-state index in [1.54, 1.807) is 18.6 Å². The van der Waals surface area contributed by atoms with E-state index in [9.17, 15) is 4.39 Å². The second-order valence-corrected chi connectivity index (χ2v) is 3.95. The van der Waals surface area contributed by atoms with Gasteiger partial charge in [-0.3, -0.25) is 0 Å². The standard InChI is InChI=1S/C13H16FN3O/c1-18-13-3-2-11(8-12(13)14)9-15-4-6-17-7-5-16-10-17/h2-3,5,7-8,10,15H,4,6,9H2,1H3. The van der Waals surface area contributed by atoms with Gasteiger partial charge in [-0.15, -0.1) is 0 Å². The first-order chi connectivity index (χ1) is 8.79. The van der Waals surface area contributed by atoms with Crippen molar-refractivity contribution in [2.75, 3.05) is 13.7 Å². The third-order valence-corrected chi connectivity index (χ3v) is 2.65. The van der Waals surface area contributed by atoms with E-state index in [1.807, 2.05) is 16.8 Å². The SMILES string of the molecule is COc1ccc(CNCCn2ccnc2)cc1F. The maximum Gasteiger partial charge on any atom is 0.165 e. The van der Waals surface area contributed by atoms with Crippen LogP contribution >= 0.6 is 0 Å². The van der Waals surface area contributed by atoms with Crippen LogP contribution in [0.5, 0.6) is 5.75 Å². The lowest BCUT2D eigenvalue weighted by molar-refractivity contribution is 0.386. The molecule has 96 valence electrons. The molecule has 1 aromatic heterocycles. The summed E-state index contributed by atoms with van der Waals surface area (Å²) in [6.07, 6.45) is 5.43. The van der Waals surface area contributed by atoms with Crippen LogP contribution in [0.15, 0.2) is 36.9 Å². The summed E-state index contributed by atoms with van der Waals surface area (Å²) in [6.45, 7) is 2.29. The third-order valence-electron chi connectivity index (χ3n) is 2.65. The molecule has 0 unspecified atom stereocenters. The summed E-state index contributed by atoms with van der Waals surface area (Å²) >= 11 is 0. The average Bonchev–Trinajstić information content (AvgIpc) is 2.88. The Labute approximate surface area is 105 Å². The Hall–Kier alpha value is -1.88. The van der Waals surface area contributed by atoms with Crippen molar-refractivity contribution >= 4 is 0 Å². The Morgan fingerprint density at radius 2 is 2.33 bits per heavy atom. The highest BCUT2D eigenvalue weighted by molar-refractivity contribution is 5.29. The maximum absolute atomic E-state index is 13.4. The average molecular weight is 249 g/mol. The van der Waals surface area contributed by atoms with E-state index in [0.29, 0.717) is 6.54 Å². The Morgan fingerprint density at radius 1 is 1.44 bits per heavy atom. The lowest BCUT2D eigenvalue weighted by atomic mass is 10.2. The van der Waals surface area contributed by atoms with Gasteiger partial charge in [-0.1, -0.05) is 6.07 Å². The zero-order valence-electron chi connectivity index (χ0n) is 10.3. The van der Waals surface area contributed by atoms with Crippen molar-refractivity contribution in [3.8, 4) is 5.75 Å². The van der Waals surface area contributed by atoms with Crippen molar-refractivity contribution in [2.24, 2.45) is 0 Å². The molecule has 4 nitrogen and oxygen atoms in total. The molecule has 0 amide bonds. The minimum atomic E-state index is -0.327. The minimum absolute atomic E-state index is 0.275. The highest BCUT2D eigenvalue weighted by Crippen LogP contribution is 2.17. The van der Waals surface area contributed by atoms with Gasteiger partial charge in [0.1, 0.15) is 0 Å². The van der Waals surface area contributed by atoms with E-state index in [1.165, 1.54) is 13.2 Å². The van der Waals surface area contributed by atoms with Crippen LogP contribution in [0, 0.1) is 5.82 Å². The predicted octanol–water partition coefficient (Wildman–Crippen LogP) is 1.82. The van der Waals surface area contributed by atoms with Crippen molar-refractivity contribution in [3.63, 3.8) is 0 Å². The zero-order chi connectivity index (χ0) is 12.8. The number of aromatic nitrogens is 2. The quantitative estimate of drug-likeness (QED) is 0.794. The van der Waals surface area contributed by atoms with Gasteiger partial charge in [0.2, 0.25) is 0 Å². The number of hydrogen-bond donors (Lipinski definition) is 1. The topological polar surface area (TPSA) is 39.1 Å². The van der Waals surface area contributed by atoms with Gasteiger partial charge < -0.3 is 14.6 Å². The molecule has 0 aliphatic rings. The molecule has 0 spiro atoms. The normalized spacial score (nSPS) is 10.6. The van der Waals surface area contributed by atoms with E-state index < -0.39 is 0 Å². The molecule has 0 aliphatic carbocycles. The van der Waals surface area contributed by atoms with Crippen LogP contribution in [0.25, 0.3) is 0 Å². The molecule has 0 saturated carbocycles. The smallest absolute Gasteiger partial charge is 0.165 e. The fourth-order valence-electron chi connectivity index (χ4n) is 1.68. The first-order valence-corrected chi connectivity index (χ1v) is 5.78. The summed E-state index contributed by atoms with van der Waals surface area (Å²) in [4.78, 5) is 3.96. The Bertz CT molecular complexity index is 485. The number of rotatable bonds is 6. The minimum Gasteiger partial charge on any atom is -0.494 e. The summed E-state index contributed by atoms with van der Waals surface area (Å²) in [5.41, 5.74) is 0.902. The monoisotopic (exact) mass is 249 g/mol. The van der Waals surface area contributed by atoms with Crippen LogP contribution < -0.4 is 10.1 Å². The van der Waals surface area contributed by atoms with Crippen LogP contribution in [-0.4, -0.2) is 23.2 Å². The van der Waals surface area contributed by atoms with Gasteiger partial charge in [0, 0.05) is 32.0 Å². The molecule has 0 radical (unpaired) electrons. The Balaban J connectivity index is 1.78. The number of methoxy groups -OCH3 is 1. The van der Waals surface area contributed by atoms with E-state index in [2.05, 4.69) is 10.3 Å². The highest BCUT2D eigenvalue weighted by atomic mass is 19.1. The number of nitrogens with zero attached hydrogens (tertiary/aromatic N) is 2. The number of imidazole rings is 1.